The molecule has 0 aliphatic carbocycles. The van der Waals surface area contributed by atoms with Crippen LogP contribution in [0, 0.1) is 6.92 Å². The number of rotatable bonds is 5. The summed E-state index contributed by atoms with van der Waals surface area (Å²) in [5.41, 5.74) is 8.78. The molecule has 5 heteroatoms. The van der Waals surface area contributed by atoms with Gasteiger partial charge in [-0.05, 0) is 31.0 Å². The molecule has 0 bridgehead atoms. The number of halogens is 1. The molecule has 0 radical (unpaired) electrons. The van der Waals surface area contributed by atoms with E-state index >= 15 is 0 Å². The molecule has 0 aromatic heterocycles. The standard InChI is InChI=1S/C14H23N3O.ClH/c1-5-7-11(15)14(18)16-12-8-6-9-13(10(12)2)17(3)4;/h6,8-9,11H,5,7,15H2,1-4H3,(H,16,18);1H. The molecule has 108 valence electrons. The predicted octanol–water partition coefficient (Wildman–Crippen LogP) is 2.55. The van der Waals surface area contributed by atoms with Crippen LogP contribution in [0.5, 0.6) is 0 Å². The Kier molecular flexibility index (Phi) is 7.49. The molecule has 0 aliphatic rings. The Morgan fingerprint density at radius 1 is 1.42 bits per heavy atom. The summed E-state index contributed by atoms with van der Waals surface area (Å²) in [5, 5.41) is 2.90. The zero-order valence-corrected chi connectivity index (χ0v) is 12.9. The zero-order chi connectivity index (χ0) is 13.7. The first-order chi connectivity index (χ1) is 8.47. The van der Waals surface area contributed by atoms with Gasteiger partial charge in [-0.15, -0.1) is 12.4 Å². The minimum Gasteiger partial charge on any atom is -0.377 e. The molecular weight excluding hydrogens is 262 g/mol. The molecule has 0 aliphatic heterocycles. The number of carbonyl (C=O) groups excluding carboxylic acids is 1. The van der Waals surface area contributed by atoms with Gasteiger partial charge in [-0.1, -0.05) is 19.4 Å². The van der Waals surface area contributed by atoms with E-state index in [1.165, 1.54) is 0 Å². The van der Waals surface area contributed by atoms with Crippen molar-refractivity contribution in [2.24, 2.45) is 5.73 Å². The van der Waals surface area contributed by atoms with Gasteiger partial charge in [0.2, 0.25) is 5.91 Å². The maximum Gasteiger partial charge on any atom is 0.241 e. The molecule has 0 fully saturated rings. The van der Waals surface area contributed by atoms with Gasteiger partial charge in [0.15, 0.2) is 0 Å². The Labute approximate surface area is 121 Å². The highest BCUT2D eigenvalue weighted by molar-refractivity contribution is 5.96. The molecule has 19 heavy (non-hydrogen) atoms. The van der Waals surface area contributed by atoms with Gasteiger partial charge in [-0.3, -0.25) is 4.79 Å². The van der Waals surface area contributed by atoms with Crippen LogP contribution in [0.3, 0.4) is 0 Å². The third-order valence-electron chi connectivity index (χ3n) is 2.98. The van der Waals surface area contributed by atoms with E-state index in [0.717, 1.165) is 23.4 Å². The lowest BCUT2D eigenvalue weighted by atomic mass is 10.1. The first kappa shape index (κ1) is 17.7. The molecule has 3 N–H and O–H groups in total. The van der Waals surface area contributed by atoms with Crippen molar-refractivity contribution in [3.8, 4) is 0 Å². The Hall–Kier alpha value is -1.26. The summed E-state index contributed by atoms with van der Waals surface area (Å²) >= 11 is 0. The summed E-state index contributed by atoms with van der Waals surface area (Å²) in [5.74, 6) is -0.115. The topological polar surface area (TPSA) is 58.4 Å². The van der Waals surface area contributed by atoms with Gasteiger partial charge >= 0.3 is 0 Å². The number of amides is 1. The lowest BCUT2D eigenvalue weighted by molar-refractivity contribution is -0.117. The SMILES string of the molecule is CCCC(N)C(=O)Nc1cccc(N(C)C)c1C.Cl. The second-order valence-electron chi connectivity index (χ2n) is 4.73. The van der Waals surface area contributed by atoms with Crippen LogP contribution in [0.4, 0.5) is 11.4 Å². The van der Waals surface area contributed by atoms with Crippen LogP contribution in [0.1, 0.15) is 25.3 Å². The van der Waals surface area contributed by atoms with E-state index in [9.17, 15) is 4.79 Å². The van der Waals surface area contributed by atoms with Crippen molar-refractivity contribution in [1.82, 2.24) is 0 Å². The fourth-order valence-electron chi connectivity index (χ4n) is 1.91. The van der Waals surface area contributed by atoms with E-state index < -0.39 is 6.04 Å². The first-order valence-electron chi connectivity index (χ1n) is 6.30. The summed E-state index contributed by atoms with van der Waals surface area (Å²) in [4.78, 5) is 13.9. The molecule has 1 amide bonds. The summed E-state index contributed by atoms with van der Waals surface area (Å²) in [7, 11) is 3.97. The molecule has 1 aromatic carbocycles. The zero-order valence-electron chi connectivity index (χ0n) is 12.1. The van der Waals surface area contributed by atoms with E-state index in [1.807, 2.05) is 51.0 Å². The molecule has 1 atom stereocenters. The summed E-state index contributed by atoms with van der Waals surface area (Å²) in [6.45, 7) is 4.02. The van der Waals surface area contributed by atoms with E-state index in [4.69, 9.17) is 5.73 Å². The number of carbonyl (C=O) groups is 1. The van der Waals surface area contributed by atoms with Crippen LogP contribution in [0.25, 0.3) is 0 Å². The van der Waals surface area contributed by atoms with Gasteiger partial charge in [-0.2, -0.15) is 0 Å². The van der Waals surface area contributed by atoms with Crippen LogP contribution in [0.15, 0.2) is 18.2 Å². The Morgan fingerprint density at radius 2 is 2.05 bits per heavy atom. The smallest absolute Gasteiger partial charge is 0.241 e. The number of benzene rings is 1. The average molecular weight is 286 g/mol. The Bertz CT molecular complexity index is 421. The van der Waals surface area contributed by atoms with Crippen molar-refractivity contribution in [3.05, 3.63) is 23.8 Å². The maximum atomic E-state index is 11.9. The molecule has 0 heterocycles. The van der Waals surface area contributed by atoms with Crippen molar-refractivity contribution in [3.63, 3.8) is 0 Å². The highest BCUT2D eigenvalue weighted by Gasteiger charge is 2.14. The van der Waals surface area contributed by atoms with Crippen LogP contribution in [-0.2, 0) is 4.79 Å². The van der Waals surface area contributed by atoms with E-state index in [0.29, 0.717) is 6.42 Å². The van der Waals surface area contributed by atoms with Crippen molar-refractivity contribution in [1.29, 1.82) is 0 Å². The lowest BCUT2D eigenvalue weighted by Crippen LogP contribution is -2.35. The molecule has 0 saturated heterocycles. The van der Waals surface area contributed by atoms with Gasteiger partial charge < -0.3 is 16.0 Å². The van der Waals surface area contributed by atoms with Crippen molar-refractivity contribution in [2.75, 3.05) is 24.3 Å². The fourth-order valence-corrected chi connectivity index (χ4v) is 1.91. The molecule has 4 nitrogen and oxygen atoms in total. The predicted molar refractivity (Wildman–Crippen MR) is 84.3 cm³/mol. The summed E-state index contributed by atoms with van der Waals surface area (Å²) < 4.78 is 0. The van der Waals surface area contributed by atoms with Crippen LogP contribution >= 0.6 is 12.4 Å². The van der Waals surface area contributed by atoms with Gasteiger partial charge in [0, 0.05) is 25.5 Å². The van der Waals surface area contributed by atoms with Gasteiger partial charge in [-0.25, -0.2) is 0 Å². The third-order valence-corrected chi connectivity index (χ3v) is 2.98. The monoisotopic (exact) mass is 285 g/mol. The van der Waals surface area contributed by atoms with Crippen molar-refractivity contribution >= 4 is 29.7 Å². The second-order valence-corrected chi connectivity index (χ2v) is 4.73. The first-order valence-corrected chi connectivity index (χ1v) is 6.30. The van der Waals surface area contributed by atoms with Crippen LogP contribution in [0.2, 0.25) is 0 Å². The minimum absolute atomic E-state index is 0. The highest BCUT2D eigenvalue weighted by Crippen LogP contribution is 2.25. The number of anilines is 2. The number of nitrogens with two attached hydrogens (primary N) is 1. The minimum atomic E-state index is -0.433. The highest BCUT2D eigenvalue weighted by atomic mass is 35.5. The second kappa shape index (κ2) is 8.02. The molecular formula is C14H24ClN3O. The molecule has 1 aromatic rings. The van der Waals surface area contributed by atoms with Crippen LogP contribution in [-0.4, -0.2) is 26.0 Å². The normalized spacial score (nSPS) is 11.4. The van der Waals surface area contributed by atoms with Crippen molar-refractivity contribution < 1.29 is 4.79 Å². The number of nitrogens with zero attached hydrogens (tertiary/aromatic N) is 1. The number of nitrogens with one attached hydrogen (secondary N) is 1. The van der Waals surface area contributed by atoms with Gasteiger partial charge in [0.05, 0.1) is 6.04 Å². The van der Waals surface area contributed by atoms with Gasteiger partial charge in [0.25, 0.3) is 0 Å². The van der Waals surface area contributed by atoms with Crippen LogP contribution < -0.4 is 16.0 Å². The van der Waals surface area contributed by atoms with E-state index in [2.05, 4.69) is 5.32 Å². The molecule has 0 saturated carbocycles. The van der Waals surface area contributed by atoms with E-state index in [1.54, 1.807) is 0 Å². The summed E-state index contributed by atoms with van der Waals surface area (Å²) in [6, 6.07) is 5.43. The maximum absolute atomic E-state index is 11.9. The third kappa shape index (κ3) is 4.73. The average Bonchev–Trinajstić information content (AvgIpc) is 2.31. The number of hydrogen-bond donors (Lipinski definition) is 2. The molecule has 0 spiro atoms. The summed E-state index contributed by atoms with van der Waals surface area (Å²) in [6.07, 6.45) is 1.61. The molecule has 1 rings (SSSR count). The Balaban J connectivity index is 0.00000324. The van der Waals surface area contributed by atoms with Gasteiger partial charge in [0.1, 0.15) is 0 Å². The van der Waals surface area contributed by atoms with Crippen molar-refractivity contribution in [2.45, 2.75) is 32.7 Å². The fraction of sp³-hybridized carbons (Fsp3) is 0.500. The number of hydrogen-bond acceptors (Lipinski definition) is 3. The Morgan fingerprint density at radius 3 is 2.58 bits per heavy atom. The molecule has 1 unspecified atom stereocenters. The van der Waals surface area contributed by atoms with E-state index in [-0.39, 0.29) is 18.3 Å². The largest absolute Gasteiger partial charge is 0.377 e. The lowest BCUT2D eigenvalue weighted by Gasteiger charge is -2.19. The quantitative estimate of drug-likeness (QED) is 0.874.